The molecule has 1 atom stereocenters. The molecule has 1 unspecified atom stereocenters. The quantitative estimate of drug-likeness (QED) is 0.850. The van der Waals surface area contributed by atoms with Gasteiger partial charge in [0.1, 0.15) is 12.2 Å². The minimum absolute atomic E-state index is 0.389. The van der Waals surface area contributed by atoms with Crippen LogP contribution in [-0.2, 0) is 6.54 Å². The van der Waals surface area contributed by atoms with Crippen molar-refractivity contribution in [2.75, 3.05) is 26.2 Å². The SMILES string of the molecule is CCNCC1CCCN(Cc2ncnn2C(C)C)C1. The van der Waals surface area contributed by atoms with Gasteiger partial charge in [0.25, 0.3) is 0 Å². The molecular weight excluding hydrogens is 238 g/mol. The Morgan fingerprint density at radius 3 is 3.05 bits per heavy atom. The Bertz CT molecular complexity index is 374. The predicted octanol–water partition coefficient (Wildman–Crippen LogP) is 1.68. The van der Waals surface area contributed by atoms with E-state index in [-0.39, 0.29) is 0 Å². The lowest BCUT2D eigenvalue weighted by Gasteiger charge is -2.32. The zero-order valence-corrected chi connectivity index (χ0v) is 12.5. The molecule has 0 radical (unpaired) electrons. The average molecular weight is 265 g/mol. The zero-order chi connectivity index (χ0) is 13.7. The van der Waals surface area contributed by atoms with Crippen molar-refractivity contribution in [3.8, 4) is 0 Å². The lowest BCUT2D eigenvalue weighted by atomic mass is 9.98. The number of hydrogen-bond acceptors (Lipinski definition) is 4. The fourth-order valence-corrected chi connectivity index (χ4v) is 2.83. The zero-order valence-electron chi connectivity index (χ0n) is 12.5. The first-order chi connectivity index (χ1) is 9.20. The fourth-order valence-electron chi connectivity index (χ4n) is 2.83. The van der Waals surface area contributed by atoms with E-state index >= 15 is 0 Å². The maximum absolute atomic E-state index is 4.41. The number of piperidine rings is 1. The summed E-state index contributed by atoms with van der Waals surface area (Å²) >= 11 is 0. The lowest BCUT2D eigenvalue weighted by Crippen LogP contribution is -2.39. The van der Waals surface area contributed by atoms with Crippen LogP contribution in [0.25, 0.3) is 0 Å². The van der Waals surface area contributed by atoms with E-state index < -0.39 is 0 Å². The van der Waals surface area contributed by atoms with Gasteiger partial charge in [-0.15, -0.1) is 0 Å². The maximum atomic E-state index is 4.41. The molecule has 0 spiro atoms. The van der Waals surface area contributed by atoms with Gasteiger partial charge in [-0.05, 0) is 52.2 Å². The Morgan fingerprint density at radius 1 is 1.47 bits per heavy atom. The van der Waals surface area contributed by atoms with Gasteiger partial charge in [-0.25, -0.2) is 9.67 Å². The molecule has 0 aliphatic carbocycles. The molecule has 1 saturated heterocycles. The maximum Gasteiger partial charge on any atom is 0.141 e. The van der Waals surface area contributed by atoms with Gasteiger partial charge in [-0.1, -0.05) is 6.92 Å². The van der Waals surface area contributed by atoms with E-state index in [9.17, 15) is 0 Å². The van der Waals surface area contributed by atoms with Gasteiger partial charge in [0.05, 0.1) is 6.54 Å². The number of hydrogen-bond donors (Lipinski definition) is 1. The molecule has 1 fully saturated rings. The van der Waals surface area contributed by atoms with Gasteiger partial charge in [0.2, 0.25) is 0 Å². The van der Waals surface area contributed by atoms with Crippen molar-refractivity contribution in [2.24, 2.45) is 5.92 Å². The van der Waals surface area contributed by atoms with E-state index in [0.717, 1.165) is 31.4 Å². The number of nitrogens with one attached hydrogen (secondary N) is 1. The molecule has 5 heteroatoms. The first kappa shape index (κ1) is 14.5. The number of nitrogens with zero attached hydrogens (tertiary/aromatic N) is 4. The smallest absolute Gasteiger partial charge is 0.141 e. The van der Waals surface area contributed by atoms with E-state index in [1.165, 1.54) is 25.9 Å². The largest absolute Gasteiger partial charge is 0.317 e. The van der Waals surface area contributed by atoms with Crippen LogP contribution in [0.2, 0.25) is 0 Å². The highest BCUT2D eigenvalue weighted by molar-refractivity contribution is 4.88. The Morgan fingerprint density at radius 2 is 2.32 bits per heavy atom. The van der Waals surface area contributed by atoms with Crippen molar-refractivity contribution >= 4 is 0 Å². The highest BCUT2D eigenvalue weighted by Gasteiger charge is 2.21. The summed E-state index contributed by atoms with van der Waals surface area (Å²) in [7, 11) is 0. The van der Waals surface area contributed by atoms with Gasteiger partial charge < -0.3 is 5.32 Å². The van der Waals surface area contributed by atoms with Crippen molar-refractivity contribution in [2.45, 2.75) is 46.2 Å². The van der Waals surface area contributed by atoms with Crippen molar-refractivity contribution in [3.63, 3.8) is 0 Å². The highest BCUT2D eigenvalue weighted by atomic mass is 15.4. The summed E-state index contributed by atoms with van der Waals surface area (Å²) in [6.07, 6.45) is 4.32. The van der Waals surface area contributed by atoms with E-state index in [0.29, 0.717) is 6.04 Å². The summed E-state index contributed by atoms with van der Waals surface area (Å²) in [5.74, 6) is 1.88. The molecule has 1 aromatic rings. The second-order valence-corrected chi connectivity index (χ2v) is 5.77. The van der Waals surface area contributed by atoms with E-state index in [2.05, 4.69) is 41.1 Å². The molecule has 108 valence electrons. The molecule has 0 bridgehead atoms. The van der Waals surface area contributed by atoms with Crippen LogP contribution in [0.5, 0.6) is 0 Å². The van der Waals surface area contributed by atoms with Crippen molar-refractivity contribution in [1.29, 1.82) is 0 Å². The summed E-state index contributed by atoms with van der Waals surface area (Å²) in [6.45, 7) is 12.0. The minimum Gasteiger partial charge on any atom is -0.317 e. The molecule has 0 amide bonds. The Kier molecular flexibility index (Phi) is 5.34. The highest BCUT2D eigenvalue weighted by Crippen LogP contribution is 2.18. The molecule has 5 nitrogen and oxygen atoms in total. The first-order valence-corrected chi connectivity index (χ1v) is 7.52. The van der Waals surface area contributed by atoms with E-state index in [1.54, 1.807) is 6.33 Å². The summed E-state index contributed by atoms with van der Waals surface area (Å²) in [5.41, 5.74) is 0. The second kappa shape index (κ2) is 7.01. The van der Waals surface area contributed by atoms with Crippen LogP contribution >= 0.6 is 0 Å². The number of likely N-dealkylation sites (tertiary alicyclic amines) is 1. The van der Waals surface area contributed by atoms with Crippen LogP contribution in [0.4, 0.5) is 0 Å². The molecule has 1 aliphatic heterocycles. The molecule has 0 aromatic carbocycles. The van der Waals surface area contributed by atoms with Gasteiger partial charge in [-0.3, -0.25) is 4.90 Å². The monoisotopic (exact) mass is 265 g/mol. The third-order valence-electron chi connectivity index (χ3n) is 3.79. The van der Waals surface area contributed by atoms with Crippen molar-refractivity contribution < 1.29 is 0 Å². The van der Waals surface area contributed by atoms with Crippen LogP contribution in [0.3, 0.4) is 0 Å². The molecule has 2 heterocycles. The van der Waals surface area contributed by atoms with E-state index in [1.807, 2.05) is 4.68 Å². The third-order valence-corrected chi connectivity index (χ3v) is 3.79. The normalized spacial score (nSPS) is 21.2. The topological polar surface area (TPSA) is 46.0 Å². The second-order valence-electron chi connectivity index (χ2n) is 5.77. The Balaban J connectivity index is 1.89. The van der Waals surface area contributed by atoms with Crippen LogP contribution in [0.1, 0.15) is 45.5 Å². The molecule has 1 aromatic heterocycles. The van der Waals surface area contributed by atoms with Gasteiger partial charge >= 0.3 is 0 Å². The third kappa shape index (κ3) is 4.01. The number of aromatic nitrogens is 3. The average Bonchev–Trinajstić information content (AvgIpc) is 2.85. The molecular formula is C14H27N5. The molecule has 1 N–H and O–H groups in total. The van der Waals surface area contributed by atoms with Crippen LogP contribution in [-0.4, -0.2) is 45.8 Å². The first-order valence-electron chi connectivity index (χ1n) is 7.52. The molecule has 1 aliphatic rings. The molecule has 0 saturated carbocycles. The standard InChI is InChI=1S/C14H27N5/c1-4-15-8-13-6-5-7-18(9-13)10-14-16-11-17-19(14)12(2)3/h11-13,15H,4-10H2,1-3H3. The van der Waals surface area contributed by atoms with Crippen molar-refractivity contribution in [1.82, 2.24) is 25.0 Å². The van der Waals surface area contributed by atoms with Crippen LogP contribution in [0.15, 0.2) is 6.33 Å². The summed E-state index contributed by atoms with van der Waals surface area (Å²) in [6, 6.07) is 0.389. The Labute approximate surface area is 116 Å². The summed E-state index contributed by atoms with van der Waals surface area (Å²) in [4.78, 5) is 6.94. The van der Waals surface area contributed by atoms with Crippen molar-refractivity contribution in [3.05, 3.63) is 12.2 Å². The van der Waals surface area contributed by atoms with Crippen LogP contribution < -0.4 is 5.32 Å². The van der Waals surface area contributed by atoms with Gasteiger partial charge in [-0.2, -0.15) is 5.10 Å². The number of rotatable bonds is 6. The summed E-state index contributed by atoms with van der Waals surface area (Å²) < 4.78 is 2.04. The lowest BCUT2D eigenvalue weighted by molar-refractivity contribution is 0.159. The fraction of sp³-hybridized carbons (Fsp3) is 0.857. The predicted molar refractivity (Wildman–Crippen MR) is 77.0 cm³/mol. The van der Waals surface area contributed by atoms with Gasteiger partial charge in [0.15, 0.2) is 0 Å². The van der Waals surface area contributed by atoms with E-state index in [4.69, 9.17) is 0 Å². The Hall–Kier alpha value is -0.940. The molecule has 2 rings (SSSR count). The minimum atomic E-state index is 0.389. The van der Waals surface area contributed by atoms with Crippen LogP contribution in [0, 0.1) is 5.92 Å². The molecule has 19 heavy (non-hydrogen) atoms. The van der Waals surface area contributed by atoms with Gasteiger partial charge in [0, 0.05) is 12.6 Å². The summed E-state index contributed by atoms with van der Waals surface area (Å²) in [5, 5.41) is 7.78.